The van der Waals surface area contributed by atoms with Gasteiger partial charge < -0.3 is 15.0 Å². The molecule has 5 nitrogen and oxygen atoms in total. The van der Waals surface area contributed by atoms with E-state index in [-0.39, 0.29) is 29.9 Å². The molecule has 0 aliphatic heterocycles. The van der Waals surface area contributed by atoms with Gasteiger partial charge in [-0.2, -0.15) is 0 Å². The molecule has 150 valence electrons. The van der Waals surface area contributed by atoms with Gasteiger partial charge in [0.05, 0.1) is 6.61 Å². The van der Waals surface area contributed by atoms with E-state index < -0.39 is 0 Å². The summed E-state index contributed by atoms with van der Waals surface area (Å²) in [5, 5.41) is 5.55. The minimum atomic E-state index is -0.0708. The second-order valence-corrected chi connectivity index (χ2v) is 7.08. The molecule has 0 saturated heterocycles. The number of rotatable bonds is 12. The van der Waals surface area contributed by atoms with Gasteiger partial charge in [-0.1, -0.05) is 25.3 Å². The first kappa shape index (κ1) is 25.2. The summed E-state index contributed by atoms with van der Waals surface area (Å²) in [4.78, 5) is 19.2. The number of likely N-dealkylation sites (N-methyl/N-ethyl adjacent to an activating group) is 1. The molecule has 0 bridgehead atoms. The van der Waals surface area contributed by atoms with Gasteiger partial charge in [0.2, 0.25) is 0 Å². The summed E-state index contributed by atoms with van der Waals surface area (Å²) in [5.74, 6) is 0.886. The second-order valence-electron chi connectivity index (χ2n) is 6.05. The number of carbonyl (C=O) groups is 1. The lowest BCUT2D eigenvalue weighted by atomic mass is 10.1. The molecule has 0 spiro atoms. The van der Waals surface area contributed by atoms with Crippen LogP contribution in [0.2, 0.25) is 0 Å². The molecule has 1 aromatic rings. The molecule has 0 atom stereocenters. The molecule has 1 N–H and O–H groups in total. The number of halogens is 1. The molecule has 0 amide bonds. The Morgan fingerprint density at radius 3 is 2.65 bits per heavy atom. The smallest absolute Gasteiger partial charge is 0.305 e. The number of nitrogens with one attached hydrogen (secondary N) is 1. The van der Waals surface area contributed by atoms with Crippen LogP contribution in [-0.4, -0.2) is 50.6 Å². The third-order valence-electron chi connectivity index (χ3n) is 3.99. The Balaban J connectivity index is 0.00000625. The summed E-state index contributed by atoms with van der Waals surface area (Å²) in [6.45, 7) is 4.23. The third-order valence-corrected chi connectivity index (χ3v) is 4.93. The Labute approximate surface area is 179 Å². The van der Waals surface area contributed by atoms with E-state index in [0.717, 1.165) is 51.2 Å². The minimum absolute atomic E-state index is 0. The molecule has 1 aromatic heterocycles. The number of aliphatic imine (C=N–C) groups is 1. The summed E-state index contributed by atoms with van der Waals surface area (Å²) in [5.41, 5.74) is 0. The van der Waals surface area contributed by atoms with Gasteiger partial charge in [-0.15, -0.1) is 35.3 Å². The fraction of sp³-hybridized carbons (Fsp3) is 0.684. The number of hydrogen-bond acceptors (Lipinski definition) is 4. The van der Waals surface area contributed by atoms with E-state index in [4.69, 9.17) is 4.74 Å². The second kappa shape index (κ2) is 16.4. The first-order chi connectivity index (χ1) is 12.2. The average Bonchev–Trinajstić information content (AvgIpc) is 3.12. The van der Waals surface area contributed by atoms with Crippen molar-refractivity contribution >= 4 is 47.2 Å². The quantitative estimate of drug-likeness (QED) is 0.154. The fourth-order valence-electron chi connectivity index (χ4n) is 2.58. The Hall–Kier alpha value is -0.830. The van der Waals surface area contributed by atoms with E-state index in [0.29, 0.717) is 13.0 Å². The van der Waals surface area contributed by atoms with Crippen LogP contribution < -0.4 is 5.32 Å². The highest BCUT2D eigenvalue weighted by atomic mass is 127. The summed E-state index contributed by atoms with van der Waals surface area (Å²) < 4.78 is 4.93. The van der Waals surface area contributed by atoms with Crippen molar-refractivity contribution in [3.63, 3.8) is 0 Å². The molecule has 0 aliphatic rings. The third kappa shape index (κ3) is 11.7. The molecule has 1 heterocycles. The maximum Gasteiger partial charge on any atom is 0.305 e. The average molecular weight is 495 g/mol. The lowest BCUT2D eigenvalue weighted by Gasteiger charge is -2.21. The van der Waals surface area contributed by atoms with Gasteiger partial charge in [0, 0.05) is 38.5 Å². The van der Waals surface area contributed by atoms with Gasteiger partial charge in [-0.25, -0.2) is 0 Å². The van der Waals surface area contributed by atoms with Gasteiger partial charge >= 0.3 is 5.97 Å². The normalized spacial score (nSPS) is 11.0. The molecule has 0 unspecified atom stereocenters. The number of hydrogen-bond donors (Lipinski definition) is 1. The molecular weight excluding hydrogens is 461 g/mol. The van der Waals surface area contributed by atoms with E-state index in [1.807, 2.05) is 14.0 Å². The van der Waals surface area contributed by atoms with E-state index >= 15 is 0 Å². The largest absolute Gasteiger partial charge is 0.466 e. The summed E-state index contributed by atoms with van der Waals surface area (Å²) in [6.07, 6.45) is 7.08. The van der Waals surface area contributed by atoms with Crippen LogP contribution in [0.5, 0.6) is 0 Å². The van der Waals surface area contributed by atoms with E-state index in [9.17, 15) is 4.79 Å². The van der Waals surface area contributed by atoms with Crippen LogP contribution >= 0.6 is 35.3 Å². The van der Waals surface area contributed by atoms with Crippen LogP contribution in [0.15, 0.2) is 22.5 Å². The molecule has 0 aliphatic carbocycles. The molecule has 0 aromatic carbocycles. The standard InChI is InChI=1S/C19H33N3O2S.HI/c1-4-24-18(23)12-8-6-5-7-9-14-21-19(20-2)22(3)15-13-17-11-10-16-25-17;/h10-11,16H,4-9,12-15H2,1-3H3,(H,20,21);1H. The van der Waals surface area contributed by atoms with Crippen molar-refractivity contribution in [3.8, 4) is 0 Å². The van der Waals surface area contributed by atoms with E-state index in [2.05, 4.69) is 39.8 Å². The lowest BCUT2D eigenvalue weighted by molar-refractivity contribution is -0.143. The van der Waals surface area contributed by atoms with E-state index in [1.54, 1.807) is 11.3 Å². The lowest BCUT2D eigenvalue weighted by Crippen LogP contribution is -2.40. The Kier molecular flexibility index (Phi) is 15.8. The summed E-state index contributed by atoms with van der Waals surface area (Å²) in [7, 11) is 3.91. The van der Waals surface area contributed by atoms with Crippen molar-refractivity contribution < 1.29 is 9.53 Å². The zero-order chi connectivity index (χ0) is 18.3. The van der Waals surface area contributed by atoms with Crippen molar-refractivity contribution in [1.82, 2.24) is 10.2 Å². The predicted molar refractivity (Wildman–Crippen MR) is 122 cm³/mol. The maximum absolute atomic E-state index is 11.2. The monoisotopic (exact) mass is 495 g/mol. The van der Waals surface area contributed by atoms with Crippen LogP contribution in [-0.2, 0) is 16.0 Å². The molecule has 1 rings (SSSR count). The van der Waals surface area contributed by atoms with Crippen LogP contribution in [0.3, 0.4) is 0 Å². The number of thiophene rings is 1. The van der Waals surface area contributed by atoms with Crippen LogP contribution in [0, 0.1) is 0 Å². The number of carbonyl (C=O) groups excluding carboxylic acids is 1. The van der Waals surface area contributed by atoms with Crippen LogP contribution in [0.25, 0.3) is 0 Å². The zero-order valence-electron chi connectivity index (χ0n) is 16.3. The minimum Gasteiger partial charge on any atom is -0.466 e. The number of unbranched alkanes of at least 4 members (excludes halogenated alkanes) is 4. The SMILES string of the molecule is CCOC(=O)CCCCCCCNC(=NC)N(C)CCc1cccs1.I. The highest BCUT2D eigenvalue weighted by Gasteiger charge is 2.06. The Morgan fingerprint density at radius 2 is 2.00 bits per heavy atom. The number of ether oxygens (including phenoxy) is 1. The number of esters is 1. The first-order valence-corrected chi connectivity index (χ1v) is 10.1. The zero-order valence-corrected chi connectivity index (χ0v) is 19.5. The van der Waals surface area contributed by atoms with Crippen molar-refractivity contribution in [2.75, 3.05) is 33.8 Å². The maximum atomic E-state index is 11.2. The predicted octanol–water partition coefficient (Wildman–Crippen LogP) is 4.32. The number of nitrogens with zero attached hydrogens (tertiary/aromatic N) is 2. The van der Waals surface area contributed by atoms with Gasteiger partial charge in [0.15, 0.2) is 5.96 Å². The van der Waals surface area contributed by atoms with E-state index in [1.165, 1.54) is 11.3 Å². The number of guanidine groups is 1. The van der Waals surface area contributed by atoms with Gasteiger partial charge in [0.25, 0.3) is 0 Å². The van der Waals surface area contributed by atoms with Crippen molar-refractivity contribution in [1.29, 1.82) is 0 Å². The summed E-state index contributed by atoms with van der Waals surface area (Å²) >= 11 is 1.80. The molecule has 0 radical (unpaired) electrons. The Morgan fingerprint density at radius 1 is 1.27 bits per heavy atom. The molecule has 0 fully saturated rings. The van der Waals surface area contributed by atoms with Gasteiger partial charge in [-0.05, 0) is 37.6 Å². The Bertz CT molecular complexity index is 495. The highest BCUT2D eigenvalue weighted by Crippen LogP contribution is 2.09. The first-order valence-electron chi connectivity index (χ1n) is 9.27. The topological polar surface area (TPSA) is 53.9 Å². The van der Waals surface area contributed by atoms with Gasteiger partial charge in [-0.3, -0.25) is 9.79 Å². The molecular formula is C19H34IN3O2S. The summed E-state index contributed by atoms with van der Waals surface area (Å²) in [6, 6.07) is 4.27. The van der Waals surface area contributed by atoms with Crippen molar-refractivity contribution in [2.45, 2.75) is 51.9 Å². The van der Waals surface area contributed by atoms with Crippen LogP contribution in [0.1, 0.15) is 50.3 Å². The van der Waals surface area contributed by atoms with Crippen molar-refractivity contribution in [2.24, 2.45) is 4.99 Å². The van der Waals surface area contributed by atoms with Gasteiger partial charge in [0.1, 0.15) is 0 Å². The molecule has 26 heavy (non-hydrogen) atoms. The fourth-order valence-corrected chi connectivity index (χ4v) is 3.28. The molecule has 0 saturated carbocycles. The van der Waals surface area contributed by atoms with Crippen LogP contribution in [0.4, 0.5) is 0 Å². The molecule has 7 heteroatoms. The highest BCUT2D eigenvalue weighted by molar-refractivity contribution is 14.0. The van der Waals surface area contributed by atoms with Crippen molar-refractivity contribution in [3.05, 3.63) is 22.4 Å².